The monoisotopic (exact) mass is 1980 g/mol. The molecule has 28 nitrogen and oxygen atoms in total. The molecule has 516 valence electrons. The van der Waals surface area contributed by atoms with Crippen molar-refractivity contribution in [1.29, 1.82) is 0.594 Å². The van der Waals surface area contributed by atoms with Crippen molar-refractivity contribution >= 4 is 172 Å². The zero-order valence-electron chi connectivity index (χ0n) is 52.5. The first-order chi connectivity index (χ1) is 42.9. The molecule has 5 saturated heterocycles. The van der Waals surface area contributed by atoms with E-state index in [9.17, 15) is 65.2 Å². The number of carbonyl (C=O) groups is 13. The predicted octanol–water partition coefficient (Wildman–Crippen LogP) is -0.490. The van der Waals surface area contributed by atoms with Crippen molar-refractivity contribution in [3.63, 3.8) is 0 Å². The second kappa shape index (κ2) is 41.6. The molecule has 0 radical (unpaired) electrons. The van der Waals surface area contributed by atoms with Crippen LogP contribution in [0, 0.1) is 16.2 Å². The summed E-state index contributed by atoms with van der Waals surface area (Å²) in [5.74, 6) is -9.97. The number of nitrogens with two attached hydrogens (primary N) is 3. The Hall–Kier alpha value is -4.32. The van der Waals surface area contributed by atoms with Crippen LogP contribution in [0.1, 0.15) is 119 Å². The average molecular weight is 1980 g/mol. The molecule has 5 aliphatic rings. The first kappa shape index (κ1) is 85.7. The average Bonchev–Trinajstić information content (AvgIpc) is 1.69. The summed E-state index contributed by atoms with van der Waals surface area (Å²) in [6, 6.07) is 16.2. The molecule has 0 aromatic heterocycles. The molecule has 5 aliphatic heterocycles. The number of ether oxygens (including phenoxy) is 8. The van der Waals surface area contributed by atoms with E-state index >= 15 is 0 Å². The molecular formula is C57H74FI6N5O23-2. The molecule has 92 heavy (non-hydrogen) atoms. The number of alkyl halides is 2. The van der Waals surface area contributed by atoms with Crippen molar-refractivity contribution in [1.82, 2.24) is 0 Å². The third-order valence-electron chi connectivity index (χ3n) is 11.9. The van der Waals surface area contributed by atoms with Crippen LogP contribution in [0.15, 0.2) is 70.6 Å². The normalized spacial score (nSPS) is 24.5. The van der Waals surface area contributed by atoms with Crippen LogP contribution in [0.5, 0.6) is 0 Å². The molecule has 2 aromatic rings. The number of nitrogens with zero attached hydrogens (tertiary/aromatic N) is 2. The number of aliphatic imine (C=N–C) groups is 2. The molecule has 2 aromatic carbocycles. The molecule has 10 atom stereocenters. The summed E-state index contributed by atoms with van der Waals surface area (Å²) in [6.07, 6.45) is -1.99. The maximum absolute atomic E-state index is 12.1. The molecule has 0 bridgehead atoms. The standard InChI is InChI=1S/C18H21NO5.C17H19NO5.C10H15NO5.C6H9NO4.C5H7NO4.CH2I2.FI2.HI2/c1-17(2,3)15(21)24-14(20)13-10-18(4,16(22)23-13)19-11-12-8-6-5-7-9-12;1-17(2,3)16(21)23-15(20)13-9-12(14(19)22-13)18-10-11-7-5-4-6-8-11;1-10(2,3)9(14)16-8(13)6-4-5(11)7(12)15-6;1-6(7)2-3(4(8)9)11-5(6)10;6-2-1-3(4(7)8)10-5(2)9;2-1-3;1-3-2;1-2/h5-9,11,13H,10H2,1-4H3;4-8,10,12-13H,9H2,1-3H3;5-6H,4,11H2,1-3H3;3H,2,7H2,1H3,(H,8,9);2-3H,1,6H2,(H,7,8);1H2;;1H/q;;;;;;2*-1/i;;;;;;;1D. The zero-order chi connectivity index (χ0) is 72.0. The predicted molar refractivity (Wildman–Crippen MR) is 352 cm³/mol. The van der Waals surface area contributed by atoms with E-state index in [1.165, 1.54) is 9.36 Å². The minimum absolute atomic E-state index is 0.0332. The zero-order valence-corrected chi connectivity index (χ0v) is 64.5. The number of cyclic esters (lactones) is 5. The Kier molecular flexibility index (Phi) is 38.7. The van der Waals surface area contributed by atoms with Gasteiger partial charge in [0.15, 0.2) is 11.6 Å². The van der Waals surface area contributed by atoms with Gasteiger partial charge in [-0.2, -0.15) is 0 Å². The molecule has 0 saturated carbocycles. The van der Waals surface area contributed by atoms with Gasteiger partial charge in [-0.3, -0.25) is 38.8 Å². The number of carboxylic acids is 2. The van der Waals surface area contributed by atoms with Crippen LogP contribution in [-0.4, -0.2) is 163 Å². The first-order valence-corrected chi connectivity index (χ1v) is 43.3. The summed E-state index contributed by atoms with van der Waals surface area (Å²) < 4.78 is 55.5. The van der Waals surface area contributed by atoms with Crippen molar-refractivity contribution in [3.05, 3.63) is 71.8 Å². The Morgan fingerprint density at radius 2 is 0.957 bits per heavy atom. The van der Waals surface area contributed by atoms with Gasteiger partial charge in [0.05, 0.1) is 18.7 Å². The number of hydrogen-bond acceptors (Lipinski definition) is 26. The van der Waals surface area contributed by atoms with Crippen molar-refractivity contribution < 1.29 is 150 Å². The summed E-state index contributed by atoms with van der Waals surface area (Å²) in [5, 5.41) is 16.7. The van der Waals surface area contributed by atoms with E-state index in [0.29, 0.717) is 0 Å². The Morgan fingerprint density at radius 3 is 1.27 bits per heavy atom. The van der Waals surface area contributed by atoms with Crippen LogP contribution in [0.25, 0.3) is 0 Å². The Balaban J connectivity index is 0.00000114. The van der Waals surface area contributed by atoms with Crippen molar-refractivity contribution in [2.24, 2.45) is 43.4 Å². The Labute approximate surface area is 601 Å². The SMILES string of the molecule is CC(C)(C)C(=O)OC(=O)C1CC(C)(N=Cc2ccccc2)C(=O)O1.CC(C)(C)C(=O)OC(=O)C1CC(N)C(=O)O1.CC(C)(C)C(=O)OC(=O)C1CC(N=Cc2ccccc2)C(=O)O1.CC1(N)CC(C(=O)O)OC1=O.F[I-]I.ICI.NC1CC(C(=O)O)OC1=O.[2H][I-]I. The number of carboxylic acid groups (broad SMARTS) is 2. The van der Waals surface area contributed by atoms with Crippen LogP contribution in [0.3, 0.4) is 0 Å². The summed E-state index contributed by atoms with van der Waals surface area (Å²) in [7, 11) is 0. The summed E-state index contributed by atoms with van der Waals surface area (Å²) in [4.78, 5) is 155. The number of aliphatic carboxylic acids is 2. The van der Waals surface area contributed by atoms with Gasteiger partial charge in [0.25, 0.3) is 0 Å². The molecule has 0 spiro atoms. The van der Waals surface area contributed by atoms with Crippen molar-refractivity contribution in [2.45, 2.75) is 168 Å². The first-order valence-electron chi connectivity index (χ1n) is 27.3. The summed E-state index contributed by atoms with van der Waals surface area (Å²) in [6.45, 7) is 17.7. The van der Waals surface area contributed by atoms with Crippen LogP contribution in [-0.2, 0) is 100 Å². The van der Waals surface area contributed by atoms with Gasteiger partial charge >= 0.3 is 155 Å². The van der Waals surface area contributed by atoms with Gasteiger partial charge in [-0.25, -0.2) is 33.6 Å². The summed E-state index contributed by atoms with van der Waals surface area (Å²) in [5.41, 5.74) is 12.9. The quantitative estimate of drug-likeness (QED) is 0.0528. The van der Waals surface area contributed by atoms with Gasteiger partial charge in [-0.15, -0.1) is 0 Å². The maximum atomic E-state index is 12.1. The fourth-order valence-electron chi connectivity index (χ4n) is 6.63. The topological polar surface area (TPSA) is 439 Å². The molecule has 35 heteroatoms. The third kappa shape index (κ3) is 31.9. The van der Waals surface area contributed by atoms with Crippen LogP contribution in [0.4, 0.5) is 2.86 Å². The number of rotatable bonds is 9. The van der Waals surface area contributed by atoms with Gasteiger partial charge in [-0.05, 0) is 87.3 Å². The van der Waals surface area contributed by atoms with Gasteiger partial charge in [0.2, 0.25) is 30.5 Å². The third-order valence-corrected chi connectivity index (χ3v) is 11.9. The van der Waals surface area contributed by atoms with E-state index in [-0.39, 0.29) is 50.5 Å². The fourth-order valence-corrected chi connectivity index (χ4v) is 6.63. The number of benzene rings is 2. The molecule has 5 heterocycles. The van der Waals surface area contributed by atoms with Crippen LogP contribution < -0.4 is 53.4 Å². The molecule has 0 aliphatic carbocycles. The molecule has 8 N–H and O–H groups in total. The molecule has 5 fully saturated rings. The van der Waals surface area contributed by atoms with Gasteiger partial charge < -0.3 is 65.3 Å². The minimum atomic E-state index is -1.18. The van der Waals surface area contributed by atoms with Crippen molar-refractivity contribution in [3.8, 4) is 0 Å². The molecule has 0 amide bonds. The molecule has 10 unspecified atom stereocenters. The molecule has 7 rings (SSSR count). The Morgan fingerprint density at radius 1 is 0.620 bits per heavy atom. The molecular weight excluding hydrogens is 1900 g/mol. The number of hydrogen-bond donors (Lipinski definition) is 5. The van der Waals surface area contributed by atoms with Gasteiger partial charge in [0, 0.05) is 44.5 Å². The second-order valence-electron chi connectivity index (χ2n) is 23.2. The van der Waals surface area contributed by atoms with E-state index in [1.807, 2.05) is 60.7 Å². The number of esters is 11. The van der Waals surface area contributed by atoms with E-state index in [4.69, 9.17) is 47.0 Å². The van der Waals surface area contributed by atoms with E-state index in [0.717, 1.165) is 11.1 Å². The van der Waals surface area contributed by atoms with Crippen LogP contribution in [0.2, 0.25) is 0 Å². The number of halogens is 7. The Bertz CT molecular complexity index is 2970. The fraction of sp³-hybridized carbons (Fsp3) is 0.526. The van der Waals surface area contributed by atoms with E-state index in [2.05, 4.69) is 92.7 Å². The van der Waals surface area contributed by atoms with E-state index in [1.54, 1.807) is 100 Å². The van der Waals surface area contributed by atoms with Gasteiger partial charge in [-0.1, -0.05) is 106 Å². The number of carbonyl (C=O) groups excluding carboxylic acids is 11. The van der Waals surface area contributed by atoms with Gasteiger partial charge in [0.1, 0.15) is 17.6 Å². The van der Waals surface area contributed by atoms with E-state index < -0.39 is 171 Å². The second-order valence-corrected chi connectivity index (χ2v) is 30.0. The van der Waals surface area contributed by atoms with Crippen LogP contribution >= 0.6 is 82.4 Å². The summed E-state index contributed by atoms with van der Waals surface area (Å²) >= 11 is 7.22. The van der Waals surface area contributed by atoms with Crippen molar-refractivity contribution in [2.75, 3.05) is 2.43 Å².